The second-order valence-corrected chi connectivity index (χ2v) is 8.36. The monoisotopic (exact) mass is 464 g/mol. The molecule has 0 bridgehead atoms. The third-order valence-corrected chi connectivity index (χ3v) is 5.73. The molecule has 0 fully saturated rings. The van der Waals surface area contributed by atoms with Crippen LogP contribution in [0.25, 0.3) is 0 Å². The molecule has 7 nitrogen and oxygen atoms in total. The first-order valence-electron chi connectivity index (χ1n) is 8.91. The lowest BCUT2D eigenvalue weighted by Gasteiger charge is -2.11. The number of amides is 1. The van der Waals surface area contributed by atoms with E-state index in [1.165, 1.54) is 67.8 Å². The fraction of sp³-hybridized carbons (Fsp3) is 0.0952. The minimum Gasteiger partial charge on any atom is -0.495 e. The highest BCUT2D eigenvalue weighted by atomic mass is 35.5. The predicted molar refractivity (Wildman–Crippen MR) is 116 cm³/mol. The Labute approximate surface area is 183 Å². The van der Waals surface area contributed by atoms with Gasteiger partial charge in [-0.1, -0.05) is 11.6 Å². The van der Waals surface area contributed by atoms with Gasteiger partial charge in [-0.3, -0.25) is 9.52 Å². The van der Waals surface area contributed by atoms with Gasteiger partial charge in [0.1, 0.15) is 17.3 Å². The van der Waals surface area contributed by atoms with E-state index in [1.54, 1.807) is 6.07 Å². The minimum absolute atomic E-state index is 0.00237. The predicted octanol–water partition coefficient (Wildman–Crippen LogP) is 4.31. The van der Waals surface area contributed by atoms with E-state index < -0.39 is 21.7 Å². The van der Waals surface area contributed by atoms with Crippen molar-refractivity contribution in [3.8, 4) is 11.5 Å². The Morgan fingerprint density at radius 3 is 2.26 bits per heavy atom. The second kappa shape index (κ2) is 9.67. The number of carbonyl (C=O) groups excluding carboxylic acids is 1. The van der Waals surface area contributed by atoms with Crippen LogP contribution in [0.5, 0.6) is 11.5 Å². The second-order valence-electron chi connectivity index (χ2n) is 6.27. The number of hydrogen-bond acceptors (Lipinski definition) is 5. The molecule has 3 aromatic rings. The molecule has 0 spiro atoms. The zero-order chi connectivity index (χ0) is 22.4. The number of ether oxygens (including phenoxy) is 2. The first kappa shape index (κ1) is 22.4. The maximum Gasteiger partial charge on any atom is 0.262 e. The molecule has 0 aliphatic carbocycles. The first-order valence-corrected chi connectivity index (χ1v) is 10.8. The van der Waals surface area contributed by atoms with Crippen LogP contribution in [-0.4, -0.2) is 28.0 Å². The van der Waals surface area contributed by atoms with Crippen molar-refractivity contribution < 1.29 is 27.1 Å². The number of benzene rings is 3. The van der Waals surface area contributed by atoms with Crippen LogP contribution in [0.15, 0.2) is 71.6 Å². The number of methoxy groups -OCH3 is 1. The van der Waals surface area contributed by atoms with E-state index in [1.807, 2.05) is 0 Å². The molecule has 2 N–H and O–H groups in total. The molecule has 3 rings (SSSR count). The van der Waals surface area contributed by atoms with Crippen molar-refractivity contribution in [1.82, 2.24) is 0 Å². The molecule has 3 aromatic carbocycles. The third kappa shape index (κ3) is 6.09. The van der Waals surface area contributed by atoms with E-state index in [2.05, 4.69) is 10.0 Å². The Kier molecular flexibility index (Phi) is 6.98. The zero-order valence-electron chi connectivity index (χ0n) is 16.3. The maximum atomic E-state index is 12.9. The lowest BCUT2D eigenvalue weighted by atomic mass is 10.3. The van der Waals surface area contributed by atoms with Gasteiger partial charge in [0.25, 0.3) is 15.9 Å². The smallest absolute Gasteiger partial charge is 0.262 e. The number of rotatable bonds is 8. The van der Waals surface area contributed by atoms with Crippen LogP contribution >= 0.6 is 11.6 Å². The largest absolute Gasteiger partial charge is 0.495 e. The number of anilines is 2. The normalized spacial score (nSPS) is 10.9. The van der Waals surface area contributed by atoms with Gasteiger partial charge in [-0.2, -0.15) is 0 Å². The molecule has 0 radical (unpaired) electrons. The van der Waals surface area contributed by atoms with E-state index in [0.29, 0.717) is 17.2 Å². The van der Waals surface area contributed by atoms with Crippen LogP contribution < -0.4 is 19.5 Å². The van der Waals surface area contributed by atoms with Crippen molar-refractivity contribution in [2.75, 3.05) is 23.8 Å². The van der Waals surface area contributed by atoms with E-state index >= 15 is 0 Å². The molecule has 1 amide bonds. The summed E-state index contributed by atoms with van der Waals surface area (Å²) in [5.41, 5.74) is 0.713. The number of nitrogens with one attached hydrogen (secondary N) is 2. The minimum atomic E-state index is -3.86. The highest BCUT2D eigenvalue weighted by Crippen LogP contribution is 2.28. The maximum absolute atomic E-state index is 12.9. The van der Waals surface area contributed by atoms with Crippen LogP contribution in [0.1, 0.15) is 0 Å². The van der Waals surface area contributed by atoms with Gasteiger partial charge in [-0.25, -0.2) is 12.8 Å². The lowest BCUT2D eigenvalue weighted by molar-refractivity contribution is -0.118. The van der Waals surface area contributed by atoms with Gasteiger partial charge in [0, 0.05) is 5.69 Å². The van der Waals surface area contributed by atoms with Gasteiger partial charge >= 0.3 is 0 Å². The van der Waals surface area contributed by atoms with Gasteiger partial charge in [0.2, 0.25) is 0 Å². The van der Waals surface area contributed by atoms with Crippen LogP contribution in [0.3, 0.4) is 0 Å². The summed E-state index contributed by atoms with van der Waals surface area (Å²) in [5.74, 6) is -0.120. The number of sulfonamides is 1. The SMILES string of the molecule is COc1ccc(NS(=O)(=O)c2ccc(OCC(=O)Nc3ccc(F)cc3)cc2)cc1Cl. The molecule has 10 heteroatoms. The summed E-state index contributed by atoms with van der Waals surface area (Å²) < 4.78 is 50.8. The van der Waals surface area contributed by atoms with E-state index in [0.717, 1.165) is 0 Å². The molecule has 0 aromatic heterocycles. The average Bonchev–Trinajstić information content (AvgIpc) is 2.74. The van der Waals surface area contributed by atoms with Crippen LogP contribution in [-0.2, 0) is 14.8 Å². The zero-order valence-corrected chi connectivity index (χ0v) is 17.8. The van der Waals surface area contributed by atoms with Gasteiger partial charge in [0.15, 0.2) is 6.61 Å². The number of halogens is 2. The fourth-order valence-corrected chi connectivity index (χ4v) is 3.85. The van der Waals surface area contributed by atoms with E-state index in [4.69, 9.17) is 21.1 Å². The van der Waals surface area contributed by atoms with Gasteiger partial charge in [0.05, 0.1) is 22.7 Å². The van der Waals surface area contributed by atoms with Crippen molar-refractivity contribution in [2.45, 2.75) is 4.90 Å². The summed E-state index contributed by atoms with van der Waals surface area (Å²) in [6, 6.07) is 15.4. The molecule has 31 heavy (non-hydrogen) atoms. The molecule has 162 valence electrons. The molecule has 0 saturated carbocycles. The number of hydrogen-bond donors (Lipinski definition) is 2. The Hall–Kier alpha value is -3.30. The summed E-state index contributed by atoms with van der Waals surface area (Å²) in [6.07, 6.45) is 0. The molecule has 0 aliphatic rings. The molecular formula is C21H18ClFN2O5S. The molecule has 0 atom stereocenters. The van der Waals surface area contributed by atoms with Crippen molar-refractivity contribution >= 4 is 38.9 Å². The topological polar surface area (TPSA) is 93.7 Å². The summed E-state index contributed by atoms with van der Waals surface area (Å²) >= 11 is 6.02. The van der Waals surface area contributed by atoms with Crippen molar-refractivity contribution in [1.29, 1.82) is 0 Å². The first-order chi connectivity index (χ1) is 14.8. The summed E-state index contributed by atoms with van der Waals surface area (Å²) in [4.78, 5) is 11.9. The van der Waals surface area contributed by atoms with Gasteiger partial charge in [-0.15, -0.1) is 0 Å². The van der Waals surface area contributed by atoms with Crippen molar-refractivity contribution in [3.63, 3.8) is 0 Å². The standard InChI is InChI=1S/C21H18ClFN2O5S/c1-29-20-11-6-16(12-19(20)22)25-31(27,28)18-9-7-17(8-10-18)30-13-21(26)24-15-4-2-14(23)3-5-15/h2-12,25H,13H2,1H3,(H,24,26). The van der Waals surface area contributed by atoms with Crippen LogP contribution in [0.2, 0.25) is 5.02 Å². The summed E-state index contributed by atoms with van der Waals surface area (Å²) in [7, 11) is -2.40. The Morgan fingerprint density at radius 2 is 1.65 bits per heavy atom. The Balaban J connectivity index is 1.59. The third-order valence-electron chi connectivity index (χ3n) is 4.04. The van der Waals surface area contributed by atoms with Crippen molar-refractivity contribution in [3.05, 3.63) is 77.6 Å². The average molecular weight is 465 g/mol. The van der Waals surface area contributed by atoms with E-state index in [-0.39, 0.29) is 22.2 Å². The van der Waals surface area contributed by atoms with Gasteiger partial charge in [-0.05, 0) is 66.7 Å². The molecule has 0 unspecified atom stereocenters. The highest BCUT2D eigenvalue weighted by molar-refractivity contribution is 7.92. The molecule has 0 heterocycles. The quantitative estimate of drug-likeness (QED) is 0.518. The van der Waals surface area contributed by atoms with Gasteiger partial charge < -0.3 is 14.8 Å². The molecular weight excluding hydrogens is 447 g/mol. The van der Waals surface area contributed by atoms with Crippen molar-refractivity contribution in [2.24, 2.45) is 0 Å². The van der Waals surface area contributed by atoms with E-state index in [9.17, 15) is 17.6 Å². The summed E-state index contributed by atoms with van der Waals surface area (Å²) in [5, 5.41) is 2.83. The lowest BCUT2D eigenvalue weighted by Crippen LogP contribution is -2.20. The highest BCUT2D eigenvalue weighted by Gasteiger charge is 2.15. The Morgan fingerprint density at radius 1 is 1.00 bits per heavy atom. The van der Waals surface area contributed by atoms with Crippen LogP contribution in [0, 0.1) is 5.82 Å². The number of carbonyl (C=O) groups is 1. The van der Waals surface area contributed by atoms with Crippen LogP contribution in [0.4, 0.5) is 15.8 Å². The summed E-state index contributed by atoms with van der Waals surface area (Å²) in [6.45, 7) is -0.300. The fourth-order valence-electron chi connectivity index (χ4n) is 2.54. The molecule has 0 saturated heterocycles. The Bertz CT molecular complexity index is 1170. The molecule has 0 aliphatic heterocycles.